The standard InChI is InChI=1S/C12H14N2O/c1-8-4-9(6-10(15)5-8)11-2-3-14-7-12(11)13/h2-3,6-8H,4-5,13H2,1H3/p+1. The van der Waals surface area contributed by atoms with Crippen LogP contribution in [0.5, 0.6) is 0 Å². The lowest BCUT2D eigenvalue weighted by Gasteiger charge is -2.18. The van der Waals surface area contributed by atoms with Crippen molar-refractivity contribution in [3.8, 4) is 0 Å². The first-order valence-corrected chi connectivity index (χ1v) is 5.16. The number of hydrogen-bond acceptors (Lipinski definition) is 2. The second-order valence-corrected chi connectivity index (χ2v) is 4.16. The smallest absolute Gasteiger partial charge is 0.190 e. The predicted octanol–water partition coefficient (Wildman–Crippen LogP) is 1.47. The molecule has 1 aromatic rings. The molecule has 3 nitrogen and oxygen atoms in total. The molecule has 0 aliphatic heterocycles. The summed E-state index contributed by atoms with van der Waals surface area (Å²) in [5, 5.41) is 0. The van der Waals surface area contributed by atoms with E-state index in [-0.39, 0.29) is 5.78 Å². The van der Waals surface area contributed by atoms with Crippen molar-refractivity contribution >= 4 is 17.0 Å². The molecule has 0 spiro atoms. The minimum Gasteiger partial charge on any atom is -0.393 e. The van der Waals surface area contributed by atoms with Crippen molar-refractivity contribution in [3.05, 3.63) is 30.1 Å². The van der Waals surface area contributed by atoms with Crippen LogP contribution in [0.2, 0.25) is 0 Å². The fraction of sp³-hybridized carbons (Fsp3) is 0.333. The average Bonchev–Trinajstić information content (AvgIpc) is 2.16. The zero-order chi connectivity index (χ0) is 10.8. The maximum absolute atomic E-state index is 11.4. The highest BCUT2D eigenvalue weighted by molar-refractivity contribution is 5.99. The third kappa shape index (κ3) is 2.06. The number of nitrogens with two attached hydrogens (primary N) is 1. The highest BCUT2D eigenvalue weighted by Gasteiger charge is 2.19. The molecule has 0 amide bonds. The van der Waals surface area contributed by atoms with Crippen molar-refractivity contribution in [2.45, 2.75) is 19.8 Å². The Kier molecular flexibility index (Phi) is 2.54. The predicted molar refractivity (Wildman–Crippen MR) is 58.8 cm³/mol. The Bertz CT molecular complexity index is 423. The van der Waals surface area contributed by atoms with Crippen LogP contribution in [0.1, 0.15) is 25.3 Å². The van der Waals surface area contributed by atoms with Crippen molar-refractivity contribution in [2.75, 3.05) is 5.73 Å². The summed E-state index contributed by atoms with van der Waals surface area (Å²) in [5.74, 6) is 0.622. The van der Waals surface area contributed by atoms with Gasteiger partial charge >= 0.3 is 0 Å². The van der Waals surface area contributed by atoms with E-state index >= 15 is 0 Å². The number of H-pyrrole nitrogens is 1. The molecule has 1 aromatic heterocycles. The van der Waals surface area contributed by atoms with E-state index in [4.69, 9.17) is 5.73 Å². The lowest BCUT2D eigenvalue weighted by molar-refractivity contribution is -0.377. The normalized spacial score (nSPS) is 21.3. The minimum absolute atomic E-state index is 0.205. The second-order valence-electron chi connectivity index (χ2n) is 4.16. The first-order valence-electron chi connectivity index (χ1n) is 5.16. The van der Waals surface area contributed by atoms with Crippen molar-refractivity contribution in [3.63, 3.8) is 0 Å². The van der Waals surface area contributed by atoms with E-state index in [0.717, 1.165) is 17.6 Å². The molecule has 3 N–H and O–H groups in total. The number of ketones is 1. The van der Waals surface area contributed by atoms with Gasteiger partial charge in [0, 0.05) is 18.1 Å². The molecule has 1 atom stereocenters. The number of carbonyl (C=O) groups is 1. The van der Waals surface area contributed by atoms with Crippen LogP contribution in [-0.2, 0) is 4.79 Å². The largest absolute Gasteiger partial charge is 0.393 e. The summed E-state index contributed by atoms with van der Waals surface area (Å²) in [7, 11) is 0. The summed E-state index contributed by atoms with van der Waals surface area (Å²) in [4.78, 5) is 14.4. The number of anilines is 1. The molecule has 78 valence electrons. The van der Waals surface area contributed by atoms with Crippen LogP contribution in [0.4, 0.5) is 5.69 Å². The molecule has 0 radical (unpaired) electrons. The lowest BCUT2D eigenvalue weighted by Crippen LogP contribution is -2.12. The van der Waals surface area contributed by atoms with Gasteiger partial charge in [-0.25, -0.2) is 4.98 Å². The van der Waals surface area contributed by atoms with E-state index in [2.05, 4.69) is 11.9 Å². The number of allylic oxidation sites excluding steroid dienone is 2. The molecule has 1 aliphatic rings. The number of carbonyl (C=O) groups excluding carboxylic acids is 1. The number of rotatable bonds is 1. The molecule has 1 aliphatic carbocycles. The monoisotopic (exact) mass is 203 g/mol. The quantitative estimate of drug-likeness (QED) is 0.751. The topological polar surface area (TPSA) is 57.2 Å². The first kappa shape index (κ1) is 9.90. The zero-order valence-corrected chi connectivity index (χ0v) is 8.79. The fourth-order valence-corrected chi connectivity index (χ4v) is 2.03. The van der Waals surface area contributed by atoms with Crippen LogP contribution in [0, 0.1) is 5.92 Å². The van der Waals surface area contributed by atoms with Crippen molar-refractivity contribution in [1.82, 2.24) is 0 Å². The van der Waals surface area contributed by atoms with Gasteiger partial charge in [0.2, 0.25) is 0 Å². The molecule has 15 heavy (non-hydrogen) atoms. The minimum atomic E-state index is 0.205. The molecule has 0 saturated carbocycles. The van der Waals surface area contributed by atoms with Gasteiger partial charge in [-0.2, -0.15) is 0 Å². The highest BCUT2D eigenvalue weighted by Crippen LogP contribution is 2.31. The molecule has 3 heteroatoms. The average molecular weight is 203 g/mol. The Hall–Kier alpha value is -1.64. The third-order valence-electron chi connectivity index (χ3n) is 2.70. The van der Waals surface area contributed by atoms with Gasteiger partial charge in [-0.3, -0.25) is 4.79 Å². The number of hydrogen-bond donors (Lipinski definition) is 1. The van der Waals surface area contributed by atoms with Crippen LogP contribution in [0.3, 0.4) is 0 Å². The van der Waals surface area contributed by atoms with E-state index in [9.17, 15) is 4.79 Å². The fourth-order valence-electron chi connectivity index (χ4n) is 2.03. The van der Waals surface area contributed by atoms with E-state index in [1.807, 2.05) is 12.3 Å². The zero-order valence-electron chi connectivity index (χ0n) is 8.79. The number of pyridine rings is 1. The summed E-state index contributed by atoms with van der Waals surface area (Å²) in [6.07, 6.45) is 6.89. The number of nitrogen functional groups attached to an aromatic ring is 1. The Morgan fingerprint density at radius 3 is 2.93 bits per heavy atom. The Morgan fingerprint density at radius 1 is 1.47 bits per heavy atom. The maximum atomic E-state index is 11.4. The van der Waals surface area contributed by atoms with E-state index in [0.29, 0.717) is 18.0 Å². The molecule has 0 aromatic carbocycles. The van der Waals surface area contributed by atoms with E-state index in [1.165, 1.54) is 0 Å². The van der Waals surface area contributed by atoms with Crippen molar-refractivity contribution in [2.24, 2.45) is 5.92 Å². The van der Waals surface area contributed by atoms with Gasteiger partial charge in [-0.15, -0.1) is 0 Å². The highest BCUT2D eigenvalue weighted by atomic mass is 16.1. The second kappa shape index (κ2) is 3.85. The summed E-state index contributed by atoms with van der Waals surface area (Å²) in [6, 6.07) is 1.92. The molecule has 0 bridgehead atoms. The lowest BCUT2D eigenvalue weighted by atomic mass is 9.86. The molecule has 0 fully saturated rings. The molecular formula is C12H15N2O+. The van der Waals surface area contributed by atoms with Gasteiger partial charge in [0.1, 0.15) is 5.69 Å². The summed E-state index contributed by atoms with van der Waals surface area (Å²) in [6.45, 7) is 2.09. The SMILES string of the molecule is CC1CC(=O)C=C(c2cc[nH+]cc2N)C1. The molecule has 2 rings (SSSR count). The van der Waals surface area contributed by atoms with Gasteiger partial charge in [-0.1, -0.05) is 6.92 Å². The van der Waals surface area contributed by atoms with Gasteiger partial charge in [0.05, 0.1) is 0 Å². The van der Waals surface area contributed by atoms with Crippen LogP contribution in [0.25, 0.3) is 5.57 Å². The molecule has 0 saturated heterocycles. The van der Waals surface area contributed by atoms with Gasteiger partial charge in [0.15, 0.2) is 18.2 Å². The number of nitrogens with one attached hydrogen (secondary N) is 1. The first-order chi connectivity index (χ1) is 7.16. The van der Waals surface area contributed by atoms with Crippen LogP contribution in [-0.4, -0.2) is 5.78 Å². The van der Waals surface area contributed by atoms with Crippen LogP contribution in [0.15, 0.2) is 24.5 Å². The van der Waals surface area contributed by atoms with Crippen molar-refractivity contribution < 1.29 is 9.78 Å². The Morgan fingerprint density at radius 2 is 2.27 bits per heavy atom. The van der Waals surface area contributed by atoms with Crippen LogP contribution < -0.4 is 10.7 Å². The number of aromatic amines is 1. The van der Waals surface area contributed by atoms with Crippen LogP contribution >= 0.6 is 0 Å². The van der Waals surface area contributed by atoms with E-state index in [1.54, 1.807) is 12.3 Å². The molecule has 1 unspecified atom stereocenters. The Labute approximate surface area is 89.0 Å². The summed E-state index contributed by atoms with van der Waals surface area (Å²) in [5.41, 5.74) is 8.60. The van der Waals surface area contributed by atoms with E-state index < -0.39 is 0 Å². The van der Waals surface area contributed by atoms with Gasteiger partial charge in [-0.05, 0) is 24.0 Å². The van der Waals surface area contributed by atoms with Gasteiger partial charge < -0.3 is 5.73 Å². The molecule has 1 heterocycles. The molecular weight excluding hydrogens is 188 g/mol. The maximum Gasteiger partial charge on any atom is 0.190 e. The number of aromatic nitrogens is 1. The van der Waals surface area contributed by atoms with Crippen molar-refractivity contribution in [1.29, 1.82) is 0 Å². The summed E-state index contributed by atoms with van der Waals surface area (Å²) >= 11 is 0. The van der Waals surface area contributed by atoms with Gasteiger partial charge in [0.25, 0.3) is 0 Å². The Balaban J connectivity index is 2.39. The third-order valence-corrected chi connectivity index (χ3v) is 2.70. The summed E-state index contributed by atoms with van der Waals surface area (Å²) < 4.78 is 0.